The van der Waals surface area contributed by atoms with Gasteiger partial charge in [-0.05, 0) is 48.4 Å². The van der Waals surface area contributed by atoms with Crippen LogP contribution >= 0.6 is 0 Å². The Bertz CT molecular complexity index is 1390. The Balaban J connectivity index is 1.72. The number of rotatable bonds is 7. The van der Waals surface area contributed by atoms with Crippen LogP contribution in [-0.4, -0.2) is 17.4 Å². The summed E-state index contributed by atoms with van der Waals surface area (Å²) in [7, 11) is 0. The first-order chi connectivity index (χ1) is 16.8. The maximum Gasteiger partial charge on any atom is 0.121 e. The molecule has 3 heteroatoms. The van der Waals surface area contributed by atoms with Crippen molar-refractivity contribution in [2.45, 2.75) is 6.92 Å². The standard InChI is InChI=1S/C31H26N2O/c1-2-34-29-20-12-17-27(22-29)32-23-26-21-30(24-13-6-3-7-14-24)33(28-18-10-5-11-19-28)31(26)25-15-8-4-9-16-25/h3-23H,2H2,1H3. The fourth-order valence-corrected chi connectivity index (χ4v) is 4.15. The highest BCUT2D eigenvalue weighted by Crippen LogP contribution is 2.35. The first-order valence-electron chi connectivity index (χ1n) is 11.5. The minimum absolute atomic E-state index is 0.631. The Labute approximate surface area is 200 Å². The summed E-state index contributed by atoms with van der Waals surface area (Å²) in [5.41, 5.74) is 7.54. The Morgan fingerprint density at radius 1 is 0.706 bits per heavy atom. The fraction of sp³-hybridized carbons (Fsp3) is 0.0645. The van der Waals surface area contributed by atoms with Gasteiger partial charge in [-0.1, -0.05) is 84.9 Å². The third-order valence-corrected chi connectivity index (χ3v) is 5.64. The van der Waals surface area contributed by atoms with E-state index in [-0.39, 0.29) is 0 Å². The van der Waals surface area contributed by atoms with E-state index in [1.54, 1.807) is 0 Å². The zero-order valence-electron chi connectivity index (χ0n) is 19.1. The normalized spacial score (nSPS) is 11.1. The number of nitrogens with zero attached hydrogens (tertiary/aromatic N) is 2. The minimum Gasteiger partial charge on any atom is -0.494 e. The van der Waals surface area contributed by atoms with E-state index in [1.807, 2.05) is 55.6 Å². The van der Waals surface area contributed by atoms with Crippen molar-refractivity contribution in [3.05, 3.63) is 127 Å². The van der Waals surface area contributed by atoms with E-state index in [9.17, 15) is 0 Å². The first kappa shape index (κ1) is 21.5. The number of hydrogen-bond acceptors (Lipinski definition) is 2. The molecule has 0 amide bonds. The summed E-state index contributed by atoms with van der Waals surface area (Å²) in [6.45, 7) is 2.62. The van der Waals surface area contributed by atoms with Crippen LogP contribution in [0.2, 0.25) is 0 Å². The van der Waals surface area contributed by atoms with Crippen molar-refractivity contribution >= 4 is 11.9 Å². The lowest BCUT2D eigenvalue weighted by Crippen LogP contribution is -2.00. The molecule has 0 atom stereocenters. The largest absolute Gasteiger partial charge is 0.494 e. The van der Waals surface area contributed by atoms with E-state index in [1.165, 1.54) is 0 Å². The van der Waals surface area contributed by atoms with Crippen LogP contribution in [0.4, 0.5) is 5.69 Å². The zero-order valence-corrected chi connectivity index (χ0v) is 19.1. The highest BCUT2D eigenvalue weighted by molar-refractivity contribution is 5.94. The minimum atomic E-state index is 0.631. The lowest BCUT2D eigenvalue weighted by atomic mass is 10.1. The average Bonchev–Trinajstić information content (AvgIpc) is 3.29. The number of benzene rings is 4. The van der Waals surface area contributed by atoms with Crippen LogP contribution in [0.25, 0.3) is 28.2 Å². The summed E-state index contributed by atoms with van der Waals surface area (Å²) >= 11 is 0. The van der Waals surface area contributed by atoms with Gasteiger partial charge in [0.05, 0.1) is 23.7 Å². The molecule has 166 valence electrons. The number of aliphatic imine (C=N–C) groups is 1. The molecule has 0 radical (unpaired) electrons. The predicted octanol–water partition coefficient (Wildman–Crippen LogP) is 7.96. The first-order valence-corrected chi connectivity index (χ1v) is 11.5. The molecule has 0 fully saturated rings. The fourth-order valence-electron chi connectivity index (χ4n) is 4.15. The third-order valence-electron chi connectivity index (χ3n) is 5.64. The number of hydrogen-bond donors (Lipinski definition) is 0. The van der Waals surface area contributed by atoms with Gasteiger partial charge in [0, 0.05) is 23.5 Å². The van der Waals surface area contributed by atoms with Crippen LogP contribution in [0.1, 0.15) is 12.5 Å². The maximum atomic E-state index is 5.65. The summed E-state index contributed by atoms with van der Waals surface area (Å²) in [6.07, 6.45) is 1.96. The molecule has 3 nitrogen and oxygen atoms in total. The predicted molar refractivity (Wildman–Crippen MR) is 142 cm³/mol. The monoisotopic (exact) mass is 442 g/mol. The van der Waals surface area contributed by atoms with Gasteiger partial charge in [-0.3, -0.25) is 4.99 Å². The second-order valence-electron chi connectivity index (χ2n) is 7.93. The number of ether oxygens (including phenoxy) is 1. The SMILES string of the molecule is CCOc1cccc(N=Cc2cc(-c3ccccc3)n(-c3ccccc3)c2-c2ccccc2)c1. The van der Waals surface area contributed by atoms with E-state index >= 15 is 0 Å². The molecule has 34 heavy (non-hydrogen) atoms. The van der Waals surface area contributed by atoms with E-state index in [0.717, 1.165) is 45.2 Å². The summed E-state index contributed by atoms with van der Waals surface area (Å²) in [5.74, 6) is 0.826. The molecule has 4 aromatic carbocycles. The lowest BCUT2D eigenvalue weighted by Gasteiger charge is -2.15. The van der Waals surface area contributed by atoms with Gasteiger partial charge in [-0.25, -0.2) is 0 Å². The molecule has 0 aliphatic heterocycles. The highest BCUT2D eigenvalue weighted by Gasteiger charge is 2.18. The molecule has 0 bridgehead atoms. The second kappa shape index (κ2) is 10.1. The number of para-hydroxylation sites is 1. The van der Waals surface area contributed by atoms with Gasteiger partial charge in [-0.15, -0.1) is 0 Å². The van der Waals surface area contributed by atoms with Gasteiger partial charge < -0.3 is 9.30 Å². The smallest absolute Gasteiger partial charge is 0.121 e. The van der Waals surface area contributed by atoms with Crippen molar-refractivity contribution in [3.8, 4) is 34.0 Å². The van der Waals surface area contributed by atoms with Crippen molar-refractivity contribution < 1.29 is 4.74 Å². The quantitative estimate of drug-likeness (QED) is 0.235. The van der Waals surface area contributed by atoms with Crippen molar-refractivity contribution in [2.75, 3.05) is 6.61 Å². The summed E-state index contributed by atoms with van der Waals surface area (Å²) < 4.78 is 7.97. The van der Waals surface area contributed by atoms with Crippen molar-refractivity contribution in [2.24, 2.45) is 4.99 Å². The molecule has 0 saturated carbocycles. The van der Waals surface area contributed by atoms with Gasteiger partial charge in [-0.2, -0.15) is 0 Å². The van der Waals surface area contributed by atoms with Gasteiger partial charge >= 0.3 is 0 Å². The van der Waals surface area contributed by atoms with Crippen LogP contribution in [0.3, 0.4) is 0 Å². The van der Waals surface area contributed by atoms with E-state index in [0.29, 0.717) is 6.61 Å². The maximum absolute atomic E-state index is 5.65. The molecule has 1 aromatic heterocycles. The Morgan fingerprint density at radius 2 is 1.35 bits per heavy atom. The molecule has 5 rings (SSSR count). The molecule has 0 aliphatic rings. The summed E-state index contributed by atoms with van der Waals surface area (Å²) in [5, 5.41) is 0. The van der Waals surface area contributed by atoms with Crippen LogP contribution in [0, 0.1) is 0 Å². The van der Waals surface area contributed by atoms with E-state index in [2.05, 4.69) is 83.4 Å². The average molecular weight is 443 g/mol. The van der Waals surface area contributed by atoms with E-state index in [4.69, 9.17) is 9.73 Å². The number of aromatic nitrogens is 1. The molecule has 0 spiro atoms. The molecule has 0 unspecified atom stereocenters. The topological polar surface area (TPSA) is 26.5 Å². The highest BCUT2D eigenvalue weighted by atomic mass is 16.5. The Morgan fingerprint density at radius 3 is 2.03 bits per heavy atom. The summed E-state index contributed by atoms with van der Waals surface area (Å²) in [4.78, 5) is 4.83. The van der Waals surface area contributed by atoms with Gasteiger partial charge in [0.2, 0.25) is 0 Å². The second-order valence-corrected chi connectivity index (χ2v) is 7.93. The lowest BCUT2D eigenvalue weighted by molar-refractivity contribution is 0.340. The molecular weight excluding hydrogens is 416 g/mol. The van der Waals surface area contributed by atoms with Gasteiger partial charge in [0.1, 0.15) is 5.75 Å². The van der Waals surface area contributed by atoms with Crippen molar-refractivity contribution in [1.82, 2.24) is 4.57 Å². The van der Waals surface area contributed by atoms with Crippen LogP contribution < -0.4 is 4.74 Å². The molecule has 1 heterocycles. The van der Waals surface area contributed by atoms with E-state index < -0.39 is 0 Å². The Kier molecular flexibility index (Phi) is 6.35. The molecule has 0 N–H and O–H groups in total. The van der Waals surface area contributed by atoms with Crippen molar-refractivity contribution in [3.63, 3.8) is 0 Å². The third kappa shape index (κ3) is 4.55. The molecule has 0 saturated heterocycles. The molecule has 5 aromatic rings. The van der Waals surface area contributed by atoms with Crippen LogP contribution in [0.5, 0.6) is 5.75 Å². The summed E-state index contributed by atoms with van der Waals surface area (Å²) in [6, 6.07) is 41.6. The van der Waals surface area contributed by atoms with Crippen molar-refractivity contribution in [1.29, 1.82) is 0 Å². The van der Waals surface area contributed by atoms with Crippen LogP contribution in [0.15, 0.2) is 126 Å². The zero-order chi connectivity index (χ0) is 23.2. The van der Waals surface area contributed by atoms with Gasteiger partial charge in [0.15, 0.2) is 0 Å². The molecule has 0 aliphatic carbocycles. The van der Waals surface area contributed by atoms with Gasteiger partial charge in [0.25, 0.3) is 0 Å². The van der Waals surface area contributed by atoms with Crippen LogP contribution in [-0.2, 0) is 0 Å². The Hall–Kier alpha value is -4.37. The molecular formula is C31H26N2O.